The highest BCUT2D eigenvalue weighted by Crippen LogP contribution is 2.41. The predicted molar refractivity (Wildman–Crippen MR) is 102 cm³/mol. The van der Waals surface area contributed by atoms with Crippen molar-refractivity contribution in [2.24, 2.45) is 0 Å². The van der Waals surface area contributed by atoms with E-state index in [0.717, 1.165) is 49.2 Å². The molecule has 2 aromatic heterocycles. The van der Waals surface area contributed by atoms with Crippen molar-refractivity contribution in [2.75, 3.05) is 26.7 Å². The van der Waals surface area contributed by atoms with Crippen molar-refractivity contribution in [2.45, 2.75) is 24.8 Å². The molecule has 3 aromatic rings. The number of hydrogen-bond donors (Lipinski definition) is 1. The first-order valence-electron chi connectivity index (χ1n) is 9.04. The van der Waals surface area contributed by atoms with Gasteiger partial charge in [0.2, 0.25) is 0 Å². The highest BCUT2D eigenvalue weighted by atomic mass is 35.5. The van der Waals surface area contributed by atoms with Gasteiger partial charge in [0.1, 0.15) is 5.82 Å². The number of fused-ring (bicyclic) bond motifs is 1. The number of hydrogen-bond acceptors (Lipinski definition) is 6. The molecule has 0 amide bonds. The number of pyridine rings is 1. The zero-order valence-corrected chi connectivity index (χ0v) is 15.8. The lowest BCUT2D eigenvalue weighted by Crippen LogP contribution is -2.44. The lowest BCUT2D eigenvalue weighted by atomic mass is 10.1. The summed E-state index contributed by atoms with van der Waals surface area (Å²) < 4.78 is 19.4. The summed E-state index contributed by atoms with van der Waals surface area (Å²) in [6.45, 7) is 2.68. The Kier molecular flexibility index (Phi) is 4.84. The highest BCUT2D eigenvalue weighted by Gasteiger charge is 2.29. The van der Waals surface area contributed by atoms with Gasteiger partial charge in [-0.1, -0.05) is 5.16 Å². The van der Waals surface area contributed by atoms with E-state index in [1.54, 1.807) is 6.07 Å². The molecule has 5 rings (SSSR count). The van der Waals surface area contributed by atoms with E-state index in [1.165, 1.54) is 12.1 Å². The summed E-state index contributed by atoms with van der Waals surface area (Å²) in [5.74, 6) is 1.28. The molecule has 0 bridgehead atoms. The van der Waals surface area contributed by atoms with E-state index in [2.05, 4.69) is 27.4 Å². The Bertz CT molecular complexity index is 974. The second kappa shape index (κ2) is 7.14. The molecule has 1 saturated heterocycles. The van der Waals surface area contributed by atoms with E-state index in [0.29, 0.717) is 23.0 Å². The van der Waals surface area contributed by atoms with Crippen LogP contribution in [-0.4, -0.2) is 46.7 Å². The molecule has 27 heavy (non-hydrogen) atoms. The molecule has 0 radical (unpaired) electrons. The Morgan fingerprint density at radius 1 is 1.22 bits per heavy atom. The summed E-state index contributed by atoms with van der Waals surface area (Å²) in [7, 11) is 2.06. The van der Waals surface area contributed by atoms with Crippen LogP contribution < -0.4 is 5.32 Å². The fraction of sp³-hybridized carbons (Fsp3) is 0.421. The predicted octanol–water partition coefficient (Wildman–Crippen LogP) is 3.30. The van der Waals surface area contributed by atoms with Gasteiger partial charge in [-0.05, 0) is 44.2 Å². The van der Waals surface area contributed by atoms with Crippen molar-refractivity contribution in [1.82, 2.24) is 25.3 Å². The van der Waals surface area contributed by atoms with E-state index in [4.69, 9.17) is 9.51 Å². The Hall–Kier alpha value is -2.09. The SMILES string of the molecule is CN1CCNCC1c1noc(-c2cc(C3CC3)nc3ccc(F)cc23)n1.Cl. The lowest BCUT2D eigenvalue weighted by molar-refractivity contribution is 0.190. The van der Waals surface area contributed by atoms with Gasteiger partial charge in [0.15, 0.2) is 5.82 Å². The highest BCUT2D eigenvalue weighted by molar-refractivity contribution is 5.92. The fourth-order valence-electron chi connectivity index (χ4n) is 3.56. The zero-order chi connectivity index (χ0) is 17.7. The fourth-order valence-corrected chi connectivity index (χ4v) is 3.56. The third-order valence-corrected chi connectivity index (χ3v) is 5.27. The van der Waals surface area contributed by atoms with Crippen molar-refractivity contribution in [3.63, 3.8) is 0 Å². The summed E-state index contributed by atoms with van der Waals surface area (Å²) in [5.41, 5.74) is 2.55. The summed E-state index contributed by atoms with van der Waals surface area (Å²) in [4.78, 5) is 11.6. The number of likely N-dealkylation sites (N-methyl/N-ethyl adjacent to an activating group) is 1. The number of rotatable bonds is 3. The number of piperazine rings is 1. The van der Waals surface area contributed by atoms with Crippen LogP contribution in [0.2, 0.25) is 0 Å². The topological polar surface area (TPSA) is 67.1 Å². The van der Waals surface area contributed by atoms with E-state index < -0.39 is 0 Å². The second-order valence-electron chi connectivity index (χ2n) is 7.19. The average molecular weight is 390 g/mol. The van der Waals surface area contributed by atoms with Crippen molar-refractivity contribution >= 4 is 23.3 Å². The van der Waals surface area contributed by atoms with Crippen molar-refractivity contribution in [3.05, 3.63) is 41.6 Å². The molecule has 2 aliphatic rings. The van der Waals surface area contributed by atoms with Gasteiger partial charge in [-0.3, -0.25) is 9.88 Å². The van der Waals surface area contributed by atoms with E-state index in [9.17, 15) is 4.39 Å². The van der Waals surface area contributed by atoms with Gasteiger partial charge in [0.05, 0.1) is 17.1 Å². The quantitative estimate of drug-likeness (QED) is 0.741. The molecular weight excluding hydrogens is 369 g/mol. The third-order valence-electron chi connectivity index (χ3n) is 5.27. The Morgan fingerprint density at radius 3 is 2.85 bits per heavy atom. The third kappa shape index (κ3) is 3.42. The minimum atomic E-state index is -0.296. The van der Waals surface area contributed by atoms with Gasteiger partial charge in [-0.25, -0.2) is 4.39 Å². The molecule has 1 aliphatic heterocycles. The Balaban J connectivity index is 0.00000180. The lowest BCUT2D eigenvalue weighted by Gasteiger charge is -2.30. The number of nitrogens with zero attached hydrogens (tertiary/aromatic N) is 4. The van der Waals surface area contributed by atoms with Crippen molar-refractivity contribution < 1.29 is 8.91 Å². The van der Waals surface area contributed by atoms with Crippen LogP contribution in [0.5, 0.6) is 0 Å². The molecule has 3 heterocycles. The van der Waals surface area contributed by atoms with E-state index in [1.807, 2.05) is 6.07 Å². The van der Waals surface area contributed by atoms with Crippen LogP contribution in [-0.2, 0) is 0 Å². The maximum atomic E-state index is 13.8. The van der Waals surface area contributed by atoms with Crippen molar-refractivity contribution in [1.29, 1.82) is 0 Å². The number of aromatic nitrogens is 3. The molecule has 1 atom stereocenters. The van der Waals surface area contributed by atoms with Crippen LogP contribution in [0.15, 0.2) is 28.8 Å². The monoisotopic (exact) mass is 389 g/mol. The molecule has 1 N–H and O–H groups in total. The maximum absolute atomic E-state index is 13.8. The van der Waals surface area contributed by atoms with Crippen LogP contribution in [0, 0.1) is 5.82 Å². The number of nitrogens with one attached hydrogen (secondary N) is 1. The standard InChI is InChI=1S/C19H20FN5O.ClH/c1-25-7-6-21-10-17(25)18-23-19(26-24-18)14-9-16(11-2-3-11)22-15-5-4-12(20)8-13(14)15;/h4-5,8-9,11,17,21H,2-3,6-7,10H2,1H3;1H. The Labute approximate surface area is 162 Å². The van der Waals surface area contributed by atoms with Crippen LogP contribution in [0.25, 0.3) is 22.4 Å². The zero-order valence-electron chi connectivity index (χ0n) is 15.0. The molecule has 142 valence electrons. The number of benzene rings is 1. The molecule has 1 aliphatic carbocycles. The Morgan fingerprint density at radius 2 is 2.07 bits per heavy atom. The minimum absolute atomic E-state index is 0. The smallest absolute Gasteiger partial charge is 0.258 e. The van der Waals surface area contributed by atoms with Gasteiger partial charge >= 0.3 is 0 Å². The molecule has 1 unspecified atom stereocenters. The maximum Gasteiger partial charge on any atom is 0.258 e. The second-order valence-corrected chi connectivity index (χ2v) is 7.19. The largest absolute Gasteiger partial charge is 0.334 e. The molecule has 8 heteroatoms. The van der Waals surface area contributed by atoms with Crippen LogP contribution in [0.3, 0.4) is 0 Å². The summed E-state index contributed by atoms with van der Waals surface area (Å²) in [6.07, 6.45) is 2.29. The van der Waals surface area contributed by atoms with Gasteiger partial charge in [-0.15, -0.1) is 12.4 Å². The summed E-state index contributed by atoms with van der Waals surface area (Å²) in [6, 6.07) is 6.72. The average Bonchev–Trinajstić information content (AvgIpc) is 3.39. The van der Waals surface area contributed by atoms with Gasteiger partial charge in [0, 0.05) is 36.6 Å². The first-order chi connectivity index (χ1) is 12.7. The first kappa shape index (κ1) is 18.3. The molecule has 1 aromatic carbocycles. The molecule has 1 saturated carbocycles. The van der Waals surface area contributed by atoms with E-state index >= 15 is 0 Å². The van der Waals surface area contributed by atoms with Gasteiger partial charge in [-0.2, -0.15) is 4.98 Å². The van der Waals surface area contributed by atoms with Crippen LogP contribution in [0.4, 0.5) is 4.39 Å². The number of halogens is 2. The molecule has 6 nitrogen and oxygen atoms in total. The molecule has 2 fully saturated rings. The van der Waals surface area contributed by atoms with Crippen LogP contribution in [0.1, 0.15) is 36.3 Å². The van der Waals surface area contributed by atoms with Crippen LogP contribution >= 0.6 is 12.4 Å². The van der Waals surface area contributed by atoms with Gasteiger partial charge in [0.25, 0.3) is 5.89 Å². The molecular formula is C19H21ClFN5O. The van der Waals surface area contributed by atoms with E-state index in [-0.39, 0.29) is 24.3 Å². The minimum Gasteiger partial charge on any atom is -0.334 e. The summed E-state index contributed by atoms with van der Waals surface area (Å²) >= 11 is 0. The summed E-state index contributed by atoms with van der Waals surface area (Å²) in [5, 5.41) is 8.27. The van der Waals surface area contributed by atoms with Crippen molar-refractivity contribution in [3.8, 4) is 11.5 Å². The normalized spacial score (nSPS) is 20.6. The first-order valence-corrected chi connectivity index (χ1v) is 9.04. The van der Waals surface area contributed by atoms with Gasteiger partial charge < -0.3 is 9.84 Å². The molecule has 0 spiro atoms.